The van der Waals surface area contributed by atoms with Crippen LogP contribution in [0.25, 0.3) is 0 Å². The van der Waals surface area contributed by atoms with Gasteiger partial charge in [-0.1, -0.05) is 24.3 Å². The van der Waals surface area contributed by atoms with Crippen LogP contribution in [0.4, 0.5) is 5.69 Å². The molecule has 3 rings (SSSR count). The van der Waals surface area contributed by atoms with E-state index < -0.39 is 18.0 Å². The van der Waals surface area contributed by atoms with Gasteiger partial charge in [-0.25, -0.2) is 0 Å². The summed E-state index contributed by atoms with van der Waals surface area (Å²) in [5, 5.41) is 11.5. The van der Waals surface area contributed by atoms with Gasteiger partial charge in [0.2, 0.25) is 0 Å². The molecule has 0 saturated carbocycles. The predicted molar refractivity (Wildman–Crippen MR) is 97.5 cm³/mol. The Labute approximate surface area is 152 Å². The SMILES string of the molecule is C[C@H](OC(=O)Cc1ccc2c(c1)CCC2)C(=O)Nc1cccc(C#N)c1. The molecule has 132 valence electrons. The number of hydrogen-bond donors (Lipinski definition) is 1. The second-order valence-electron chi connectivity index (χ2n) is 6.45. The van der Waals surface area contributed by atoms with Crippen LogP contribution >= 0.6 is 0 Å². The van der Waals surface area contributed by atoms with Gasteiger partial charge in [-0.15, -0.1) is 0 Å². The van der Waals surface area contributed by atoms with E-state index in [2.05, 4.69) is 17.4 Å². The number of hydrogen-bond acceptors (Lipinski definition) is 4. The molecule has 5 nitrogen and oxygen atoms in total. The number of fused-ring (bicyclic) bond motifs is 1. The predicted octanol–water partition coefficient (Wildman–Crippen LogP) is 3.16. The number of nitrogens with one attached hydrogen (secondary N) is 1. The van der Waals surface area contributed by atoms with Gasteiger partial charge in [-0.05, 0) is 61.1 Å². The molecule has 1 aliphatic rings. The highest BCUT2D eigenvalue weighted by Gasteiger charge is 2.19. The van der Waals surface area contributed by atoms with Crippen molar-refractivity contribution in [2.45, 2.75) is 38.7 Å². The zero-order valence-electron chi connectivity index (χ0n) is 14.6. The Kier molecular flexibility index (Phi) is 5.33. The number of esters is 1. The summed E-state index contributed by atoms with van der Waals surface area (Å²) in [7, 11) is 0. The van der Waals surface area contributed by atoms with Gasteiger partial charge in [-0.3, -0.25) is 9.59 Å². The lowest BCUT2D eigenvalue weighted by Crippen LogP contribution is -2.30. The first-order valence-corrected chi connectivity index (χ1v) is 8.66. The second-order valence-corrected chi connectivity index (χ2v) is 6.45. The van der Waals surface area contributed by atoms with Crippen LogP contribution in [0, 0.1) is 11.3 Å². The zero-order chi connectivity index (χ0) is 18.5. The molecule has 1 atom stereocenters. The summed E-state index contributed by atoms with van der Waals surface area (Å²) in [5.74, 6) is -0.862. The van der Waals surface area contributed by atoms with Crippen LogP contribution in [-0.2, 0) is 33.6 Å². The number of ether oxygens (including phenoxy) is 1. The Morgan fingerprint density at radius 1 is 1.19 bits per heavy atom. The highest BCUT2D eigenvalue weighted by atomic mass is 16.5. The third kappa shape index (κ3) is 4.28. The number of amides is 1. The molecule has 1 amide bonds. The van der Waals surface area contributed by atoms with Gasteiger partial charge in [0.25, 0.3) is 5.91 Å². The fraction of sp³-hybridized carbons (Fsp3) is 0.286. The molecule has 0 aromatic heterocycles. The van der Waals surface area contributed by atoms with Crippen LogP contribution in [0.15, 0.2) is 42.5 Å². The van der Waals surface area contributed by atoms with Gasteiger partial charge in [0, 0.05) is 5.69 Å². The summed E-state index contributed by atoms with van der Waals surface area (Å²) in [4.78, 5) is 24.3. The third-order valence-corrected chi connectivity index (χ3v) is 4.45. The molecule has 1 N–H and O–H groups in total. The van der Waals surface area contributed by atoms with Crippen molar-refractivity contribution in [3.8, 4) is 6.07 Å². The minimum atomic E-state index is -0.914. The van der Waals surface area contributed by atoms with E-state index in [9.17, 15) is 9.59 Å². The van der Waals surface area contributed by atoms with Crippen molar-refractivity contribution < 1.29 is 14.3 Å². The Bertz CT molecular complexity index is 883. The van der Waals surface area contributed by atoms with Crippen LogP contribution in [0.1, 0.15) is 35.6 Å². The summed E-state index contributed by atoms with van der Waals surface area (Å²) >= 11 is 0. The fourth-order valence-corrected chi connectivity index (χ4v) is 3.10. The summed E-state index contributed by atoms with van der Waals surface area (Å²) < 4.78 is 5.25. The van der Waals surface area contributed by atoms with E-state index in [1.165, 1.54) is 18.1 Å². The Morgan fingerprint density at radius 2 is 2.00 bits per heavy atom. The van der Waals surface area contributed by atoms with Crippen molar-refractivity contribution >= 4 is 17.6 Å². The van der Waals surface area contributed by atoms with Crippen molar-refractivity contribution in [3.63, 3.8) is 0 Å². The minimum absolute atomic E-state index is 0.148. The Hall–Kier alpha value is -3.13. The molecule has 0 unspecified atom stereocenters. The lowest BCUT2D eigenvalue weighted by Gasteiger charge is -2.14. The molecule has 2 aromatic rings. The van der Waals surface area contributed by atoms with E-state index in [4.69, 9.17) is 10.00 Å². The van der Waals surface area contributed by atoms with Crippen LogP contribution in [0.2, 0.25) is 0 Å². The van der Waals surface area contributed by atoms with E-state index in [1.807, 2.05) is 12.1 Å². The van der Waals surface area contributed by atoms with E-state index in [1.54, 1.807) is 24.3 Å². The van der Waals surface area contributed by atoms with Crippen LogP contribution in [0.5, 0.6) is 0 Å². The molecule has 26 heavy (non-hydrogen) atoms. The van der Waals surface area contributed by atoms with Crippen molar-refractivity contribution in [2.24, 2.45) is 0 Å². The minimum Gasteiger partial charge on any atom is -0.452 e. The molecular formula is C21H20N2O3. The number of nitriles is 1. The molecule has 0 spiro atoms. The van der Waals surface area contributed by atoms with Gasteiger partial charge in [0.05, 0.1) is 18.1 Å². The molecule has 0 bridgehead atoms. The van der Waals surface area contributed by atoms with Gasteiger partial charge in [0.1, 0.15) is 0 Å². The molecule has 5 heteroatoms. The van der Waals surface area contributed by atoms with Crippen LogP contribution in [-0.4, -0.2) is 18.0 Å². The summed E-state index contributed by atoms with van der Waals surface area (Å²) in [5.41, 5.74) is 4.51. The standard InChI is InChI=1S/C21H20N2O3/c1-14(21(25)23-19-7-2-4-16(11-19)13-22)26-20(24)12-15-8-9-17-5-3-6-18(17)10-15/h2,4,7-11,14H,3,5-6,12H2,1H3,(H,23,25)/t14-/m0/s1. The van der Waals surface area contributed by atoms with Crippen molar-refractivity contribution in [2.75, 3.05) is 5.32 Å². The van der Waals surface area contributed by atoms with Crippen molar-refractivity contribution in [1.82, 2.24) is 0 Å². The summed E-state index contributed by atoms with van der Waals surface area (Å²) in [6.45, 7) is 1.53. The second kappa shape index (κ2) is 7.83. The average Bonchev–Trinajstić information content (AvgIpc) is 3.09. The number of carbonyl (C=O) groups excluding carboxylic acids is 2. The Balaban J connectivity index is 1.55. The van der Waals surface area contributed by atoms with E-state index in [-0.39, 0.29) is 6.42 Å². The number of rotatable bonds is 5. The topological polar surface area (TPSA) is 79.2 Å². The Morgan fingerprint density at radius 3 is 2.81 bits per heavy atom. The lowest BCUT2D eigenvalue weighted by atomic mass is 10.0. The maximum Gasteiger partial charge on any atom is 0.311 e. The maximum atomic E-state index is 12.2. The smallest absolute Gasteiger partial charge is 0.311 e. The molecule has 0 radical (unpaired) electrons. The van der Waals surface area contributed by atoms with E-state index >= 15 is 0 Å². The molecule has 0 saturated heterocycles. The number of anilines is 1. The highest BCUT2D eigenvalue weighted by molar-refractivity contribution is 5.95. The molecule has 1 aliphatic carbocycles. The van der Waals surface area contributed by atoms with Gasteiger partial charge in [-0.2, -0.15) is 5.26 Å². The number of aryl methyl sites for hydroxylation is 2. The summed E-state index contributed by atoms with van der Waals surface area (Å²) in [6, 6.07) is 14.7. The summed E-state index contributed by atoms with van der Waals surface area (Å²) in [6.07, 6.45) is 2.55. The number of benzene rings is 2. The third-order valence-electron chi connectivity index (χ3n) is 4.45. The van der Waals surface area contributed by atoms with E-state index in [0.29, 0.717) is 11.3 Å². The van der Waals surface area contributed by atoms with Gasteiger partial charge in [0.15, 0.2) is 6.10 Å². The molecule has 0 fully saturated rings. The zero-order valence-corrected chi connectivity index (χ0v) is 14.6. The normalized spacial score (nSPS) is 13.4. The molecule has 0 heterocycles. The molecule has 0 aliphatic heterocycles. The first-order valence-electron chi connectivity index (χ1n) is 8.66. The van der Waals surface area contributed by atoms with Crippen LogP contribution < -0.4 is 5.32 Å². The lowest BCUT2D eigenvalue weighted by molar-refractivity contribution is -0.152. The fourth-order valence-electron chi connectivity index (χ4n) is 3.10. The monoisotopic (exact) mass is 348 g/mol. The maximum absolute atomic E-state index is 12.2. The van der Waals surface area contributed by atoms with Crippen LogP contribution in [0.3, 0.4) is 0 Å². The first kappa shape index (κ1) is 17.7. The molecular weight excluding hydrogens is 328 g/mol. The van der Waals surface area contributed by atoms with Gasteiger partial charge < -0.3 is 10.1 Å². The average molecular weight is 348 g/mol. The number of nitrogens with zero attached hydrogens (tertiary/aromatic N) is 1. The molecule has 2 aromatic carbocycles. The van der Waals surface area contributed by atoms with Crippen molar-refractivity contribution in [1.29, 1.82) is 5.26 Å². The van der Waals surface area contributed by atoms with Gasteiger partial charge >= 0.3 is 5.97 Å². The quantitative estimate of drug-likeness (QED) is 0.842. The highest BCUT2D eigenvalue weighted by Crippen LogP contribution is 2.23. The van der Waals surface area contributed by atoms with E-state index in [0.717, 1.165) is 24.8 Å². The first-order chi connectivity index (χ1) is 12.5. The number of carbonyl (C=O) groups is 2. The largest absolute Gasteiger partial charge is 0.452 e. The van der Waals surface area contributed by atoms with Crippen molar-refractivity contribution in [3.05, 3.63) is 64.7 Å².